The summed E-state index contributed by atoms with van der Waals surface area (Å²) in [5.74, 6) is 0.686. The molecule has 0 bridgehead atoms. The average molecular weight is 262 g/mol. The zero-order valence-corrected chi connectivity index (χ0v) is 10.6. The highest BCUT2D eigenvalue weighted by Gasteiger charge is 2.24. The van der Waals surface area contributed by atoms with Gasteiger partial charge in [-0.1, -0.05) is 6.07 Å². The van der Waals surface area contributed by atoms with Gasteiger partial charge in [0, 0.05) is 6.54 Å². The van der Waals surface area contributed by atoms with E-state index in [2.05, 4.69) is 10.4 Å². The third-order valence-electron chi connectivity index (χ3n) is 3.39. The first-order valence-electron chi connectivity index (χ1n) is 6.11. The van der Waals surface area contributed by atoms with Gasteiger partial charge < -0.3 is 15.8 Å². The van der Waals surface area contributed by atoms with E-state index in [1.807, 2.05) is 6.07 Å². The van der Waals surface area contributed by atoms with Crippen LogP contribution in [0.5, 0.6) is 5.75 Å². The van der Waals surface area contributed by atoms with E-state index in [-0.39, 0.29) is 17.6 Å². The second-order valence-electron chi connectivity index (χ2n) is 4.52. The number of nitrogens with one attached hydrogen (secondary N) is 1. The molecule has 2 heterocycles. The first kappa shape index (κ1) is 11.8. The molecule has 1 atom stereocenters. The van der Waals surface area contributed by atoms with Crippen LogP contribution in [0.4, 0.5) is 15.9 Å². The fourth-order valence-electron chi connectivity index (χ4n) is 2.44. The van der Waals surface area contributed by atoms with Crippen LogP contribution in [0.25, 0.3) is 0 Å². The maximum absolute atomic E-state index is 13.8. The van der Waals surface area contributed by atoms with Crippen LogP contribution in [-0.2, 0) is 0 Å². The first-order chi connectivity index (χ1) is 9.20. The van der Waals surface area contributed by atoms with Crippen LogP contribution < -0.4 is 15.8 Å². The van der Waals surface area contributed by atoms with Gasteiger partial charge in [0.2, 0.25) is 0 Å². The van der Waals surface area contributed by atoms with Crippen molar-refractivity contribution in [2.75, 3.05) is 24.7 Å². The molecule has 0 amide bonds. The molecule has 6 heteroatoms. The topological polar surface area (TPSA) is 65.1 Å². The Morgan fingerprint density at radius 3 is 3.11 bits per heavy atom. The number of nitrogens with two attached hydrogens (primary N) is 1. The van der Waals surface area contributed by atoms with Gasteiger partial charge in [-0.3, -0.25) is 0 Å². The number of aromatic nitrogens is 2. The lowest BCUT2D eigenvalue weighted by Crippen LogP contribution is -2.24. The molecule has 1 aliphatic rings. The number of methoxy groups -OCH3 is 1. The lowest BCUT2D eigenvalue weighted by Gasteiger charge is -2.26. The Balaban J connectivity index is 2.01. The van der Waals surface area contributed by atoms with Crippen LogP contribution >= 0.6 is 0 Å². The van der Waals surface area contributed by atoms with E-state index in [0.717, 1.165) is 24.3 Å². The van der Waals surface area contributed by atoms with Gasteiger partial charge in [0.1, 0.15) is 5.82 Å². The molecule has 0 spiro atoms. The van der Waals surface area contributed by atoms with Crippen LogP contribution in [0.1, 0.15) is 18.0 Å². The summed E-state index contributed by atoms with van der Waals surface area (Å²) in [6.45, 7) is 0.786. The Labute approximate surface area is 110 Å². The molecule has 3 rings (SSSR count). The Bertz CT molecular complexity index is 611. The molecule has 19 heavy (non-hydrogen) atoms. The van der Waals surface area contributed by atoms with E-state index in [1.165, 1.54) is 13.2 Å². The van der Waals surface area contributed by atoms with E-state index < -0.39 is 0 Å². The molecule has 0 radical (unpaired) electrons. The van der Waals surface area contributed by atoms with Crippen molar-refractivity contribution in [2.45, 2.75) is 12.5 Å². The fourth-order valence-corrected chi connectivity index (χ4v) is 2.44. The molecular weight excluding hydrogens is 247 g/mol. The maximum atomic E-state index is 13.8. The number of fused-ring (bicyclic) bond motifs is 1. The fraction of sp³-hybridized carbons (Fsp3) is 0.308. The van der Waals surface area contributed by atoms with E-state index in [9.17, 15) is 4.39 Å². The number of rotatable bonds is 2. The lowest BCUT2D eigenvalue weighted by molar-refractivity contribution is 0.384. The van der Waals surface area contributed by atoms with Crippen LogP contribution in [0.15, 0.2) is 24.4 Å². The number of hydrogen-bond donors (Lipinski definition) is 2. The first-order valence-corrected chi connectivity index (χ1v) is 6.11. The predicted octanol–water partition coefficient (Wildman–Crippen LogP) is 2.02. The highest BCUT2D eigenvalue weighted by molar-refractivity contribution is 5.62. The molecule has 0 aliphatic carbocycles. The van der Waals surface area contributed by atoms with Gasteiger partial charge in [-0.05, 0) is 24.1 Å². The van der Waals surface area contributed by atoms with Crippen LogP contribution in [0.2, 0.25) is 0 Å². The van der Waals surface area contributed by atoms with Gasteiger partial charge in [0.25, 0.3) is 0 Å². The van der Waals surface area contributed by atoms with Gasteiger partial charge in [-0.15, -0.1) is 0 Å². The Kier molecular flexibility index (Phi) is 2.77. The molecule has 0 saturated carbocycles. The number of halogens is 1. The van der Waals surface area contributed by atoms with Gasteiger partial charge in [0.05, 0.1) is 25.0 Å². The molecule has 1 unspecified atom stereocenters. The number of nitrogen functional groups attached to an aromatic ring is 1. The highest BCUT2D eigenvalue weighted by Crippen LogP contribution is 2.33. The molecule has 5 nitrogen and oxygen atoms in total. The predicted molar refractivity (Wildman–Crippen MR) is 70.8 cm³/mol. The number of anilines is 2. The summed E-state index contributed by atoms with van der Waals surface area (Å²) in [6, 6.07) is 4.99. The van der Waals surface area contributed by atoms with Crippen molar-refractivity contribution in [3.05, 3.63) is 35.8 Å². The van der Waals surface area contributed by atoms with Gasteiger partial charge in [-0.2, -0.15) is 5.10 Å². The van der Waals surface area contributed by atoms with Gasteiger partial charge >= 0.3 is 0 Å². The van der Waals surface area contributed by atoms with Crippen LogP contribution in [0, 0.1) is 5.82 Å². The third-order valence-corrected chi connectivity index (χ3v) is 3.39. The minimum absolute atomic E-state index is 0.00560. The zero-order valence-electron chi connectivity index (χ0n) is 10.6. The number of hydrogen-bond acceptors (Lipinski definition) is 4. The molecular formula is C13H15FN4O. The quantitative estimate of drug-likeness (QED) is 0.869. The monoisotopic (exact) mass is 262 g/mol. The number of ether oxygens (including phenoxy) is 1. The van der Waals surface area contributed by atoms with Crippen molar-refractivity contribution in [1.29, 1.82) is 0 Å². The van der Waals surface area contributed by atoms with E-state index >= 15 is 0 Å². The average Bonchev–Trinajstić information content (AvgIpc) is 2.80. The summed E-state index contributed by atoms with van der Waals surface area (Å²) in [7, 11) is 1.45. The lowest BCUT2D eigenvalue weighted by atomic mass is 10.0. The molecule has 2 aromatic rings. The summed E-state index contributed by atoms with van der Waals surface area (Å²) in [5.41, 5.74) is 7.31. The second kappa shape index (κ2) is 4.46. The largest absolute Gasteiger partial charge is 0.494 e. The molecule has 100 valence electrons. The Morgan fingerprint density at radius 2 is 2.37 bits per heavy atom. The normalized spacial score (nSPS) is 17.7. The minimum Gasteiger partial charge on any atom is -0.494 e. The second-order valence-corrected chi connectivity index (χ2v) is 4.52. The van der Waals surface area contributed by atoms with Crippen molar-refractivity contribution in [1.82, 2.24) is 9.78 Å². The van der Waals surface area contributed by atoms with Crippen molar-refractivity contribution < 1.29 is 9.13 Å². The van der Waals surface area contributed by atoms with Crippen LogP contribution in [0.3, 0.4) is 0 Å². The summed E-state index contributed by atoms with van der Waals surface area (Å²) in [6.07, 6.45) is 2.44. The summed E-state index contributed by atoms with van der Waals surface area (Å²) < 4.78 is 20.5. The Hall–Kier alpha value is -2.24. The molecule has 0 saturated heterocycles. The maximum Gasteiger partial charge on any atom is 0.165 e. The summed E-state index contributed by atoms with van der Waals surface area (Å²) in [4.78, 5) is 0. The number of nitrogens with zero attached hydrogens (tertiary/aromatic N) is 2. The summed E-state index contributed by atoms with van der Waals surface area (Å²) >= 11 is 0. The van der Waals surface area contributed by atoms with Gasteiger partial charge in [0.15, 0.2) is 11.6 Å². The molecule has 0 fully saturated rings. The highest BCUT2D eigenvalue weighted by atomic mass is 19.1. The SMILES string of the molecule is COc1ccc(C2CCNc3c(N)cnn32)cc1F. The number of benzene rings is 1. The molecule has 1 aromatic heterocycles. The standard InChI is InChI=1S/C13H15FN4O/c1-19-12-3-2-8(6-9(12)14)11-4-5-16-13-10(15)7-17-18(11)13/h2-3,6-7,11,16H,4-5,15H2,1H3. The van der Waals surface area contributed by atoms with E-state index in [1.54, 1.807) is 16.9 Å². The minimum atomic E-state index is -0.361. The van der Waals surface area contributed by atoms with Crippen molar-refractivity contribution >= 4 is 11.5 Å². The zero-order chi connectivity index (χ0) is 13.4. The summed E-state index contributed by atoms with van der Waals surface area (Å²) in [5, 5.41) is 7.47. The smallest absolute Gasteiger partial charge is 0.165 e. The van der Waals surface area contributed by atoms with Crippen LogP contribution in [-0.4, -0.2) is 23.4 Å². The Morgan fingerprint density at radius 1 is 1.53 bits per heavy atom. The van der Waals surface area contributed by atoms with Crippen molar-refractivity contribution in [3.8, 4) is 5.75 Å². The van der Waals surface area contributed by atoms with Crippen molar-refractivity contribution in [2.24, 2.45) is 0 Å². The van der Waals surface area contributed by atoms with E-state index in [0.29, 0.717) is 5.69 Å². The van der Waals surface area contributed by atoms with E-state index in [4.69, 9.17) is 10.5 Å². The molecule has 1 aliphatic heterocycles. The third kappa shape index (κ3) is 1.89. The van der Waals surface area contributed by atoms with Crippen molar-refractivity contribution in [3.63, 3.8) is 0 Å². The van der Waals surface area contributed by atoms with Gasteiger partial charge in [-0.25, -0.2) is 9.07 Å². The molecule has 3 N–H and O–H groups in total. The molecule has 1 aromatic carbocycles.